The van der Waals surface area contributed by atoms with Crippen molar-refractivity contribution in [3.63, 3.8) is 0 Å². The van der Waals surface area contributed by atoms with Gasteiger partial charge in [-0.25, -0.2) is 14.2 Å². The van der Waals surface area contributed by atoms with Crippen LogP contribution in [0.5, 0.6) is 0 Å². The molecule has 3 aliphatic rings. The van der Waals surface area contributed by atoms with Gasteiger partial charge in [-0.2, -0.15) is 0 Å². The normalized spacial score (nSPS) is 21.9. The molecule has 4 heterocycles. The first-order valence-corrected chi connectivity index (χ1v) is 15.3. The number of hydrogen-bond acceptors (Lipinski definition) is 7. The van der Waals surface area contributed by atoms with Crippen LogP contribution in [0.4, 0.5) is 9.52 Å². The average Bonchev–Trinajstić information content (AvgIpc) is 3.42. The third-order valence-electron chi connectivity index (χ3n) is 8.32. The predicted octanol–water partition coefficient (Wildman–Crippen LogP) is 8.20. The maximum absolute atomic E-state index is 14.7. The SMILES string of the molecule is O=C(O)c1ccc(-c2csc(N3[C@@H]4CC[C@H]3C[C@H](OCc3c(-c5c(Cl)cccc5Cl)noc3C3CC3)C4)n2)c(F)c1. The van der Waals surface area contributed by atoms with Crippen molar-refractivity contribution in [2.24, 2.45) is 0 Å². The van der Waals surface area contributed by atoms with Crippen LogP contribution >= 0.6 is 34.5 Å². The van der Waals surface area contributed by atoms with Gasteiger partial charge in [0.05, 0.1) is 34.0 Å². The molecule has 3 fully saturated rings. The molecule has 7 rings (SSSR count). The van der Waals surface area contributed by atoms with Gasteiger partial charge in [0.2, 0.25) is 0 Å². The Bertz CT molecular complexity index is 1600. The smallest absolute Gasteiger partial charge is 0.335 e. The molecular formula is C30H26Cl2FN3O4S. The number of thiazole rings is 1. The number of anilines is 1. The number of fused-ring (bicyclic) bond motifs is 2. The molecule has 4 aromatic rings. The number of halogens is 3. The van der Waals surface area contributed by atoms with E-state index in [1.807, 2.05) is 11.4 Å². The second-order valence-corrected chi connectivity index (χ2v) is 12.6. The average molecular weight is 615 g/mol. The number of aromatic carboxylic acids is 1. The third-order valence-corrected chi connectivity index (χ3v) is 9.81. The fourth-order valence-corrected chi connectivity index (χ4v) is 7.73. The molecule has 0 unspecified atom stereocenters. The van der Waals surface area contributed by atoms with Gasteiger partial charge in [0.1, 0.15) is 17.3 Å². The van der Waals surface area contributed by atoms with Crippen molar-refractivity contribution in [3.05, 3.63) is 74.5 Å². The summed E-state index contributed by atoms with van der Waals surface area (Å²) in [5.41, 5.74) is 2.99. The zero-order valence-electron chi connectivity index (χ0n) is 21.9. The molecule has 212 valence electrons. The number of piperidine rings is 1. The van der Waals surface area contributed by atoms with Crippen molar-refractivity contribution >= 4 is 45.6 Å². The first kappa shape index (κ1) is 26.9. The largest absolute Gasteiger partial charge is 0.478 e. The Balaban J connectivity index is 1.07. The highest BCUT2D eigenvalue weighted by atomic mass is 35.5. The highest BCUT2D eigenvalue weighted by Crippen LogP contribution is 2.47. The summed E-state index contributed by atoms with van der Waals surface area (Å²) in [6.07, 6.45) is 6.03. The number of carbonyl (C=O) groups is 1. The number of carboxylic acid groups (broad SMARTS) is 1. The molecule has 0 spiro atoms. The van der Waals surface area contributed by atoms with Crippen LogP contribution in [0.3, 0.4) is 0 Å². The molecule has 1 N–H and O–H groups in total. The molecule has 0 radical (unpaired) electrons. The minimum Gasteiger partial charge on any atom is -0.478 e. The number of aromatic nitrogens is 2. The molecular weight excluding hydrogens is 588 g/mol. The van der Waals surface area contributed by atoms with Crippen molar-refractivity contribution in [2.45, 2.75) is 69.2 Å². The van der Waals surface area contributed by atoms with Gasteiger partial charge < -0.3 is 19.3 Å². The second-order valence-electron chi connectivity index (χ2n) is 11.0. The summed E-state index contributed by atoms with van der Waals surface area (Å²) in [6, 6.07) is 9.90. The van der Waals surface area contributed by atoms with Gasteiger partial charge in [0.15, 0.2) is 5.13 Å². The molecule has 3 atom stereocenters. The van der Waals surface area contributed by atoms with Gasteiger partial charge >= 0.3 is 5.97 Å². The van der Waals surface area contributed by atoms with Crippen molar-refractivity contribution in [1.82, 2.24) is 10.1 Å². The number of nitrogens with zero attached hydrogens (tertiary/aromatic N) is 3. The molecule has 11 heteroatoms. The maximum atomic E-state index is 14.7. The number of ether oxygens (including phenoxy) is 1. The summed E-state index contributed by atoms with van der Waals surface area (Å²) >= 11 is 14.5. The minimum atomic E-state index is -1.16. The van der Waals surface area contributed by atoms with Gasteiger partial charge in [-0.3, -0.25) is 0 Å². The summed E-state index contributed by atoms with van der Waals surface area (Å²) in [5.74, 6) is -0.518. The predicted molar refractivity (Wildman–Crippen MR) is 156 cm³/mol. The van der Waals surface area contributed by atoms with E-state index in [9.17, 15) is 9.18 Å². The van der Waals surface area contributed by atoms with Crippen LogP contribution in [0.2, 0.25) is 10.0 Å². The molecule has 2 saturated heterocycles. The van der Waals surface area contributed by atoms with E-state index in [1.165, 1.54) is 23.5 Å². The standard InChI is InChI=1S/C30H26Cl2FN3O4S/c31-22-2-1-3-23(32)26(22)27-21(28(40-35-27)15-4-5-15)13-39-19-11-17-7-8-18(12-19)36(17)30-34-25(14-41-30)20-9-6-16(29(37)38)10-24(20)33/h1-3,6,9-10,14-15,17-19H,4-5,7-8,11-13H2,(H,37,38)/t17-,18+,19-. The molecule has 41 heavy (non-hydrogen) atoms. The first-order valence-electron chi connectivity index (χ1n) is 13.7. The van der Waals surface area contributed by atoms with Gasteiger partial charge in [0, 0.05) is 40.1 Å². The van der Waals surface area contributed by atoms with Gasteiger partial charge in [-0.05, 0) is 68.9 Å². The van der Waals surface area contributed by atoms with Crippen molar-refractivity contribution in [2.75, 3.05) is 4.90 Å². The summed E-state index contributed by atoms with van der Waals surface area (Å²) in [6.45, 7) is 0.378. The van der Waals surface area contributed by atoms with E-state index in [-0.39, 0.29) is 23.8 Å². The van der Waals surface area contributed by atoms with E-state index in [4.69, 9.17) is 42.6 Å². The monoisotopic (exact) mass is 613 g/mol. The Morgan fingerprint density at radius 2 is 1.85 bits per heavy atom. The lowest BCUT2D eigenvalue weighted by atomic mass is 10.00. The molecule has 7 nitrogen and oxygen atoms in total. The summed E-state index contributed by atoms with van der Waals surface area (Å²) in [7, 11) is 0. The van der Waals surface area contributed by atoms with Crippen LogP contribution in [-0.4, -0.2) is 39.4 Å². The van der Waals surface area contributed by atoms with Crippen LogP contribution in [0.25, 0.3) is 22.5 Å². The summed E-state index contributed by atoms with van der Waals surface area (Å²) in [5, 5.41) is 17.3. The zero-order valence-corrected chi connectivity index (χ0v) is 24.2. The van der Waals surface area contributed by atoms with Crippen molar-refractivity contribution < 1.29 is 23.6 Å². The molecule has 2 aliphatic heterocycles. The van der Waals surface area contributed by atoms with E-state index in [0.29, 0.717) is 45.1 Å². The molecule has 1 saturated carbocycles. The van der Waals surface area contributed by atoms with E-state index < -0.39 is 11.8 Å². The van der Waals surface area contributed by atoms with E-state index in [2.05, 4.69) is 10.1 Å². The Morgan fingerprint density at radius 3 is 2.51 bits per heavy atom. The van der Waals surface area contributed by atoms with Crippen molar-refractivity contribution in [3.8, 4) is 22.5 Å². The Labute approximate surface area is 249 Å². The molecule has 1 aliphatic carbocycles. The summed E-state index contributed by atoms with van der Waals surface area (Å²) in [4.78, 5) is 18.3. The lowest BCUT2D eigenvalue weighted by Crippen LogP contribution is -2.45. The fraction of sp³-hybridized carbons (Fsp3) is 0.367. The Hall–Kier alpha value is -2.98. The lowest BCUT2D eigenvalue weighted by molar-refractivity contribution is 0.0147. The number of hydrogen-bond donors (Lipinski definition) is 1. The van der Waals surface area contributed by atoms with Gasteiger partial charge in [-0.15, -0.1) is 11.3 Å². The third kappa shape index (κ3) is 5.03. The van der Waals surface area contributed by atoms with Gasteiger partial charge in [0.25, 0.3) is 0 Å². The molecule has 2 aromatic heterocycles. The maximum Gasteiger partial charge on any atom is 0.335 e. The number of carboxylic acids is 1. The van der Waals surface area contributed by atoms with Gasteiger partial charge in [-0.1, -0.05) is 34.4 Å². The van der Waals surface area contributed by atoms with Crippen LogP contribution in [0.15, 0.2) is 46.3 Å². The number of rotatable bonds is 8. The first-order chi connectivity index (χ1) is 19.9. The highest BCUT2D eigenvalue weighted by molar-refractivity contribution is 7.14. The Morgan fingerprint density at radius 1 is 1.12 bits per heavy atom. The van der Waals surface area contributed by atoms with E-state index >= 15 is 0 Å². The van der Waals surface area contributed by atoms with Crippen LogP contribution < -0.4 is 4.90 Å². The number of benzene rings is 2. The zero-order chi connectivity index (χ0) is 28.2. The fourth-order valence-electron chi connectivity index (χ4n) is 6.19. The van der Waals surface area contributed by atoms with Crippen LogP contribution in [-0.2, 0) is 11.3 Å². The molecule has 2 bridgehead atoms. The van der Waals surface area contributed by atoms with Crippen molar-refractivity contribution in [1.29, 1.82) is 0 Å². The minimum absolute atomic E-state index is 0.0701. The molecule has 2 aromatic carbocycles. The second kappa shape index (κ2) is 10.7. The molecule has 0 amide bonds. The quantitative estimate of drug-likeness (QED) is 0.214. The Kier molecular flexibility index (Phi) is 7.01. The van der Waals surface area contributed by atoms with E-state index in [1.54, 1.807) is 12.1 Å². The highest BCUT2D eigenvalue weighted by Gasteiger charge is 2.43. The van der Waals surface area contributed by atoms with E-state index in [0.717, 1.165) is 61.0 Å². The van der Waals surface area contributed by atoms with Crippen LogP contribution in [0.1, 0.15) is 66.1 Å². The lowest BCUT2D eigenvalue weighted by Gasteiger charge is -2.38. The van der Waals surface area contributed by atoms with Crippen LogP contribution in [0, 0.1) is 5.82 Å². The summed E-state index contributed by atoms with van der Waals surface area (Å²) < 4.78 is 27.0. The topological polar surface area (TPSA) is 88.7 Å².